The molecule has 9 rings (SSSR count). The molecule has 0 spiro atoms. The molecule has 4 aromatic heterocycles. The lowest BCUT2D eigenvalue weighted by Crippen LogP contribution is -2.14. The van der Waals surface area contributed by atoms with Crippen molar-refractivity contribution in [2.45, 2.75) is 13.5 Å². The van der Waals surface area contributed by atoms with Gasteiger partial charge in [-0.3, -0.25) is 28.7 Å². The van der Waals surface area contributed by atoms with Crippen molar-refractivity contribution in [3.63, 3.8) is 0 Å². The van der Waals surface area contributed by atoms with Crippen LogP contribution in [0, 0.1) is 0 Å². The van der Waals surface area contributed by atoms with Crippen LogP contribution in [0.2, 0.25) is 0 Å². The first-order chi connectivity index (χ1) is 29.8. The minimum atomic E-state index is -0.272. The Kier molecular flexibility index (Phi) is 10.3. The van der Waals surface area contributed by atoms with Crippen LogP contribution in [0.5, 0.6) is 23.0 Å². The van der Waals surface area contributed by atoms with Gasteiger partial charge in [-0.1, -0.05) is 72.8 Å². The van der Waals surface area contributed by atoms with E-state index in [2.05, 4.69) is 9.97 Å². The van der Waals surface area contributed by atoms with Gasteiger partial charge in [0.05, 0.1) is 56.1 Å². The third-order valence-electron chi connectivity index (χ3n) is 10.9. The molecule has 0 unspecified atom stereocenters. The number of ether oxygens (including phenoxy) is 4. The Morgan fingerprint density at radius 2 is 1.02 bits per heavy atom. The second-order valence-electron chi connectivity index (χ2n) is 14.5. The zero-order chi connectivity index (χ0) is 42.0. The molecule has 0 aliphatic heterocycles. The Hall–Kier alpha value is -7.98. The van der Waals surface area contributed by atoms with Gasteiger partial charge >= 0.3 is 0 Å². The topological polar surface area (TPSA) is 107 Å². The third-order valence-corrected chi connectivity index (χ3v) is 10.9. The number of fused-ring (bicyclic) bond motifs is 2. The number of hydrogen-bond acceptors (Lipinski definition) is 8. The number of rotatable bonds is 11. The quantitative estimate of drug-likeness (QED) is 0.127. The maximum atomic E-state index is 14.7. The van der Waals surface area contributed by atoms with Gasteiger partial charge in [-0.15, -0.1) is 0 Å². The SMILES string of the molecule is COc1ccc(-c2ccc(-c3cc4ccncc4n3C(=O)c3cc(OC)cc(OCc4cncc5c4cc(-c4ccc(-c6ccc(OC)cc6)cc4)n5C(C)=O)c3)cc2)cc1. The molecular formula is C51H40N4O6. The van der Waals surface area contributed by atoms with Crippen LogP contribution in [0.1, 0.15) is 27.6 Å². The van der Waals surface area contributed by atoms with Crippen molar-refractivity contribution in [1.29, 1.82) is 0 Å². The first kappa shape index (κ1) is 38.5. The number of carbonyl (C=O) groups is 2. The van der Waals surface area contributed by atoms with Crippen LogP contribution in [-0.4, -0.2) is 52.2 Å². The Bertz CT molecular complexity index is 3060. The zero-order valence-corrected chi connectivity index (χ0v) is 34.0. The highest BCUT2D eigenvalue weighted by atomic mass is 16.5. The largest absolute Gasteiger partial charge is 0.497 e. The van der Waals surface area contributed by atoms with Gasteiger partial charge in [0.25, 0.3) is 5.91 Å². The highest BCUT2D eigenvalue weighted by Crippen LogP contribution is 2.35. The van der Waals surface area contributed by atoms with Gasteiger partial charge in [-0.25, -0.2) is 0 Å². The van der Waals surface area contributed by atoms with E-state index >= 15 is 0 Å². The Morgan fingerprint density at radius 1 is 0.508 bits per heavy atom. The summed E-state index contributed by atoms with van der Waals surface area (Å²) in [6, 6.07) is 43.1. The summed E-state index contributed by atoms with van der Waals surface area (Å²) in [5.74, 6) is 2.06. The van der Waals surface area contributed by atoms with Crippen LogP contribution in [-0.2, 0) is 6.61 Å². The number of carbonyl (C=O) groups excluding carboxylic acids is 2. The van der Waals surface area contributed by atoms with E-state index in [0.717, 1.165) is 72.6 Å². The average molecular weight is 805 g/mol. The van der Waals surface area contributed by atoms with Crippen LogP contribution >= 0.6 is 0 Å². The average Bonchev–Trinajstić information content (AvgIpc) is 3.91. The van der Waals surface area contributed by atoms with E-state index in [1.165, 1.54) is 0 Å². The molecule has 300 valence electrons. The van der Waals surface area contributed by atoms with Crippen LogP contribution in [0.4, 0.5) is 0 Å². The number of nitrogens with zero attached hydrogens (tertiary/aromatic N) is 4. The Morgan fingerprint density at radius 3 is 1.57 bits per heavy atom. The van der Waals surface area contributed by atoms with E-state index in [1.54, 1.807) is 80.4 Å². The Balaban J connectivity index is 1.01. The molecule has 0 bridgehead atoms. The zero-order valence-electron chi connectivity index (χ0n) is 34.0. The Labute approximate surface area is 352 Å². The van der Waals surface area contributed by atoms with Crippen molar-refractivity contribution in [1.82, 2.24) is 19.1 Å². The van der Waals surface area contributed by atoms with Crippen molar-refractivity contribution in [3.8, 4) is 67.8 Å². The molecule has 0 saturated heterocycles. The molecular weight excluding hydrogens is 765 g/mol. The molecule has 0 atom stereocenters. The number of aromatic nitrogens is 4. The molecule has 0 amide bonds. The molecule has 0 aliphatic rings. The van der Waals surface area contributed by atoms with Crippen molar-refractivity contribution in [3.05, 3.63) is 169 Å². The monoisotopic (exact) mass is 804 g/mol. The fourth-order valence-corrected chi connectivity index (χ4v) is 7.74. The van der Waals surface area contributed by atoms with Crippen molar-refractivity contribution >= 4 is 33.6 Å². The highest BCUT2D eigenvalue weighted by molar-refractivity contribution is 6.06. The molecule has 10 heteroatoms. The predicted molar refractivity (Wildman–Crippen MR) is 238 cm³/mol. The van der Waals surface area contributed by atoms with Gasteiger partial charge < -0.3 is 18.9 Å². The minimum Gasteiger partial charge on any atom is -0.497 e. The summed E-state index contributed by atoms with van der Waals surface area (Å²) in [6.45, 7) is 1.66. The van der Waals surface area contributed by atoms with E-state index in [0.29, 0.717) is 28.1 Å². The van der Waals surface area contributed by atoms with Gasteiger partial charge in [0.1, 0.15) is 29.6 Å². The maximum Gasteiger partial charge on any atom is 0.263 e. The van der Waals surface area contributed by atoms with Crippen LogP contribution < -0.4 is 18.9 Å². The summed E-state index contributed by atoms with van der Waals surface area (Å²) >= 11 is 0. The van der Waals surface area contributed by atoms with Crippen LogP contribution in [0.3, 0.4) is 0 Å². The smallest absolute Gasteiger partial charge is 0.263 e. The molecule has 5 aromatic carbocycles. The first-order valence-corrected chi connectivity index (χ1v) is 19.6. The minimum absolute atomic E-state index is 0.116. The first-order valence-electron chi connectivity index (χ1n) is 19.6. The molecule has 0 radical (unpaired) electrons. The van der Waals surface area contributed by atoms with Crippen LogP contribution in [0.15, 0.2) is 158 Å². The van der Waals surface area contributed by atoms with Crippen molar-refractivity contribution < 1.29 is 28.5 Å². The molecule has 0 N–H and O–H groups in total. The van der Waals surface area contributed by atoms with Gasteiger partial charge in [0.15, 0.2) is 0 Å². The molecule has 0 aliphatic carbocycles. The number of hydrogen-bond donors (Lipinski definition) is 0. The lowest BCUT2D eigenvalue weighted by molar-refractivity contribution is 0.0940. The summed E-state index contributed by atoms with van der Waals surface area (Å²) < 4.78 is 26.1. The normalized spacial score (nSPS) is 11.1. The highest BCUT2D eigenvalue weighted by Gasteiger charge is 2.21. The van der Waals surface area contributed by atoms with Crippen molar-refractivity contribution in [2.75, 3.05) is 21.3 Å². The number of methoxy groups -OCH3 is 3. The lowest BCUT2D eigenvalue weighted by Gasteiger charge is -2.14. The maximum absolute atomic E-state index is 14.7. The molecule has 4 heterocycles. The molecule has 9 aromatic rings. The van der Waals surface area contributed by atoms with Gasteiger partial charge in [-0.05, 0) is 88.0 Å². The van der Waals surface area contributed by atoms with Crippen LogP contribution in [0.25, 0.3) is 66.6 Å². The van der Waals surface area contributed by atoms with E-state index < -0.39 is 0 Å². The van der Waals surface area contributed by atoms with E-state index in [-0.39, 0.29) is 18.4 Å². The summed E-state index contributed by atoms with van der Waals surface area (Å²) in [5.41, 5.74) is 9.88. The second kappa shape index (κ2) is 16.3. The summed E-state index contributed by atoms with van der Waals surface area (Å²) in [6.07, 6.45) is 6.84. The van der Waals surface area contributed by atoms with Gasteiger partial charge in [0, 0.05) is 47.3 Å². The summed E-state index contributed by atoms with van der Waals surface area (Å²) in [4.78, 5) is 36.7. The lowest BCUT2D eigenvalue weighted by atomic mass is 10.0. The fourth-order valence-electron chi connectivity index (χ4n) is 7.74. The molecule has 0 saturated carbocycles. The van der Waals surface area contributed by atoms with E-state index in [9.17, 15) is 9.59 Å². The summed E-state index contributed by atoms with van der Waals surface area (Å²) in [7, 11) is 4.85. The summed E-state index contributed by atoms with van der Waals surface area (Å²) in [5, 5.41) is 1.70. The van der Waals surface area contributed by atoms with E-state index in [1.807, 2.05) is 115 Å². The van der Waals surface area contributed by atoms with Crippen molar-refractivity contribution in [2.24, 2.45) is 0 Å². The molecule has 61 heavy (non-hydrogen) atoms. The van der Waals surface area contributed by atoms with Gasteiger partial charge in [0.2, 0.25) is 5.91 Å². The number of pyridine rings is 2. The standard InChI is InChI=1S/C51H40N4O6/c1-32(56)54-48(38-11-7-34(8-12-38)36-15-19-43(59-3)20-16-36)27-46-41(28-53-30-50(46)54)31-61-45-24-40(23-44(26-45)60-4)51(57)55-47(25-39-21-22-52-29-49(39)55)37-9-5-33(6-10-37)35-13-17-42(58-2)18-14-35/h5-30H,31H2,1-4H3. The predicted octanol–water partition coefficient (Wildman–Crippen LogP) is 11.0. The fraction of sp³-hybridized carbons (Fsp3) is 0.0980. The van der Waals surface area contributed by atoms with E-state index in [4.69, 9.17) is 18.9 Å². The van der Waals surface area contributed by atoms with Gasteiger partial charge in [-0.2, -0.15) is 0 Å². The third kappa shape index (κ3) is 7.47. The second-order valence-corrected chi connectivity index (χ2v) is 14.5. The molecule has 0 fully saturated rings. The number of benzene rings is 5. The molecule has 10 nitrogen and oxygen atoms in total.